The predicted octanol–water partition coefficient (Wildman–Crippen LogP) is 2.81. The smallest absolute Gasteiger partial charge is 0.451 e. The van der Waals surface area contributed by atoms with Gasteiger partial charge in [-0.15, -0.1) is 0 Å². The average molecular weight is 299 g/mol. The zero-order valence-electron chi connectivity index (χ0n) is 11.9. The molecule has 6 nitrogen and oxygen atoms in total. The molecule has 0 aromatic heterocycles. The molecule has 1 aliphatic heterocycles. The van der Waals surface area contributed by atoms with Crippen molar-refractivity contribution < 1.29 is 19.5 Å². The Morgan fingerprint density at radius 1 is 1.05 bits per heavy atom. The van der Waals surface area contributed by atoms with Crippen molar-refractivity contribution in [2.24, 2.45) is 0 Å². The fourth-order valence-electron chi connectivity index (χ4n) is 2.40. The number of para-hydroxylation sites is 3. The lowest BCUT2D eigenvalue weighted by atomic mass is 10.2. The van der Waals surface area contributed by atoms with Gasteiger partial charge in [0.05, 0.1) is 0 Å². The van der Waals surface area contributed by atoms with E-state index in [0.29, 0.717) is 11.5 Å². The molecule has 2 aromatic rings. The van der Waals surface area contributed by atoms with Crippen LogP contribution in [0.2, 0.25) is 0 Å². The Hall–Kier alpha value is -2.70. The van der Waals surface area contributed by atoms with Crippen molar-refractivity contribution in [3.63, 3.8) is 0 Å². The highest BCUT2D eigenvalue weighted by molar-refractivity contribution is 6.09. The number of ether oxygens (including phenoxy) is 1. The quantitative estimate of drug-likeness (QED) is 0.519. The number of rotatable bonds is 3. The average Bonchev–Trinajstić information content (AvgIpc) is 2.73. The van der Waals surface area contributed by atoms with Gasteiger partial charge in [0.15, 0.2) is 5.75 Å². The summed E-state index contributed by atoms with van der Waals surface area (Å²) in [5, 5.41) is 12.9. The van der Waals surface area contributed by atoms with Crippen LogP contribution in [0.25, 0.3) is 0 Å². The minimum atomic E-state index is -1.15. The minimum Gasteiger partial charge on any atom is -0.451 e. The zero-order valence-corrected chi connectivity index (χ0v) is 11.9. The van der Waals surface area contributed by atoms with Crippen LogP contribution in [-0.4, -0.2) is 23.2 Å². The molecule has 3 rings (SSSR count). The Kier molecular flexibility index (Phi) is 3.40. The molecule has 0 aliphatic carbocycles. The van der Waals surface area contributed by atoms with E-state index in [0.717, 1.165) is 0 Å². The van der Waals surface area contributed by atoms with Gasteiger partial charge in [0.2, 0.25) is 11.7 Å². The lowest BCUT2D eigenvalue weighted by molar-refractivity contribution is -0.126. The van der Waals surface area contributed by atoms with E-state index < -0.39 is 22.6 Å². The van der Waals surface area contributed by atoms with Crippen LogP contribution in [0.1, 0.15) is 6.92 Å². The van der Waals surface area contributed by atoms with Gasteiger partial charge in [0.1, 0.15) is 5.75 Å². The molecule has 2 atom stereocenters. The molecule has 2 unspecified atom stereocenters. The van der Waals surface area contributed by atoms with E-state index in [4.69, 9.17) is 4.74 Å². The molecule has 0 bridgehead atoms. The van der Waals surface area contributed by atoms with Crippen LogP contribution in [0.15, 0.2) is 54.6 Å². The van der Waals surface area contributed by atoms with Gasteiger partial charge in [0.25, 0.3) is 5.91 Å². The lowest BCUT2D eigenvalue weighted by Crippen LogP contribution is -2.53. The summed E-state index contributed by atoms with van der Waals surface area (Å²) in [6, 6.07) is 13.9. The number of imide groups is 1. The van der Waals surface area contributed by atoms with Crippen molar-refractivity contribution in [2.75, 3.05) is 0 Å². The Bertz CT molecular complexity index is 732. The van der Waals surface area contributed by atoms with Crippen LogP contribution < -0.4 is 14.7 Å². The minimum absolute atomic E-state index is 0.210. The van der Waals surface area contributed by atoms with Gasteiger partial charge in [-0.05, 0) is 18.2 Å². The highest BCUT2D eigenvalue weighted by atomic mass is 16.6. The van der Waals surface area contributed by atoms with E-state index in [1.807, 2.05) is 18.2 Å². The third-order valence-electron chi connectivity index (χ3n) is 3.68. The number of hydrogen-bond acceptors (Lipinski definition) is 4. The number of hydroxylamine groups is 2. The van der Waals surface area contributed by atoms with Gasteiger partial charge in [-0.25, -0.2) is 15.3 Å². The summed E-state index contributed by atoms with van der Waals surface area (Å²) in [6.45, 7) is 1.49. The second kappa shape index (κ2) is 5.25. The van der Waals surface area contributed by atoms with Crippen molar-refractivity contribution >= 4 is 17.6 Å². The van der Waals surface area contributed by atoms with Gasteiger partial charge in [-0.1, -0.05) is 35.0 Å². The summed E-state index contributed by atoms with van der Waals surface area (Å²) in [5.41, 5.74) is 0.210. The molecule has 2 aromatic carbocycles. The third kappa shape index (κ3) is 2.14. The van der Waals surface area contributed by atoms with Crippen molar-refractivity contribution in [3.05, 3.63) is 54.6 Å². The fraction of sp³-hybridized carbons (Fsp3) is 0.125. The molecule has 1 fully saturated rings. The fourth-order valence-corrected chi connectivity index (χ4v) is 2.40. The van der Waals surface area contributed by atoms with Crippen LogP contribution in [0.4, 0.5) is 10.5 Å². The number of nitrogens with zero attached hydrogens (tertiary/aromatic N) is 1. The highest BCUT2D eigenvalue weighted by Crippen LogP contribution is 2.38. The van der Waals surface area contributed by atoms with Crippen molar-refractivity contribution in [1.29, 1.82) is 0 Å². The molecule has 2 N–H and O–H groups in total. The molecule has 1 saturated heterocycles. The van der Waals surface area contributed by atoms with Crippen molar-refractivity contribution in [1.82, 2.24) is 9.96 Å². The second-order valence-corrected chi connectivity index (χ2v) is 5.04. The largest absolute Gasteiger partial charge is 0.461 e. The summed E-state index contributed by atoms with van der Waals surface area (Å²) < 4.78 is 4.60. The zero-order chi connectivity index (χ0) is 15.7. The van der Waals surface area contributed by atoms with Crippen LogP contribution in [0.3, 0.4) is 0 Å². The van der Waals surface area contributed by atoms with E-state index in [1.54, 1.807) is 36.4 Å². The Morgan fingerprint density at radius 2 is 1.68 bits per heavy atom. The van der Waals surface area contributed by atoms with E-state index >= 15 is 0 Å². The molecule has 1 aliphatic rings. The number of urea groups is 1. The van der Waals surface area contributed by atoms with Gasteiger partial charge in [0, 0.05) is 13.0 Å². The summed E-state index contributed by atoms with van der Waals surface area (Å²) in [6.07, 6.45) is 0. The number of nitrogens with one attached hydrogen (secondary N) is 1. The maximum absolute atomic E-state index is 12.1. The number of benzene rings is 2. The number of hydrogen-bond donors (Lipinski definition) is 2. The molecular weight excluding hydrogens is 284 g/mol. The van der Waals surface area contributed by atoms with Gasteiger partial charge >= 0.3 is 6.03 Å². The second-order valence-electron chi connectivity index (χ2n) is 5.04. The summed E-state index contributed by atoms with van der Waals surface area (Å²) in [4.78, 5) is 23.8. The normalized spacial score (nSPS) is 24.2. The maximum atomic E-state index is 12.1. The molecule has 112 valence electrons. The molecular formula is C16H15N2O4+. The standard InChI is InChI=1S/C16H14N2O4/c1-11-15(19)17-16(20)18(11,21)13-9-5-6-10-14(13)22-12-7-3-2-4-8-12/h2-11,21H,1H3/p+1. The van der Waals surface area contributed by atoms with Gasteiger partial charge in [-0.2, -0.15) is 0 Å². The summed E-state index contributed by atoms with van der Waals surface area (Å²) >= 11 is 0. The third-order valence-corrected chi connectivity index (χ3v) is 3.68. The first kappa shape index (κ1) is 14.2. The predicted molar refractivity (Wildman–Crippen MR) is 79.5 cm³/mol. The first-order chi connectivity index (χ1) is 10.5. The summed E-state index contributed by atoms with van der Waals surface area (Å²) in [7, 11) is 0. The number of carbonyl (C=O) groups is 2. The van der Waals surface area contributed by atoms with E-state index in [-0.39, 0.29) is 5.69 Å². The van der Waals surface area contributed by atoms with E-state index in [1.165, 1.54) is 6.92 Å². The van der Waals surface area contributed by atoms with Crippen molar-refractivity contribution in [3.8, 4) is 11.5 Å². The SMILES string of the molecule is CC1C(=O)NC(=O)[N+]1(O)c1ccccc1Oc1ccccc1. The molecule has 1 heterocycles. The van der Waals surface area contributed by atoms with Crippen LogP contribution in [0.5, 0.6) is 11.5 Å². The molecule has 0 spiro atoms. The summed E-state index contributed by atoms with van der Waals surface area (Å²) in [5.74, 6) is 0.357. The monoisotopic (exact) mass is 299 g/mol. The Morgan fingerprint density at radius 3 is 2.32 bits per heavy atom. The molecule has 0 saturated carbocycles. The Labute approximate surface area is 127 Å². The molecule has 3 amide bonds. The topological polar surface area (TPSA) is 75.6 Å². The lowest BCUT2D eigenvalue weighted by Gasteiger charge is -2.25. The first-order valence-electron chi connectivity index (χ1n) is 6.83. The molecule has 22 heavy (non-hydrogen) atoms. The van der Waals surface area contributed by atoms with Crippen molar-refractivity contribution in [2.45, 2.75) is 13.0 Å². The van der Waals surface area contributed by atoms with Gasteiger partial charge < -0.3 is 4.74 Å². The highest BCUT2D eigenvalue weighted by Gasteiger charge is 2.56. The number of quaternary nitrogens is 1. The maximum Gasteiger partial charge on any atom is 0.461 e. The van der Waals surface area contributed by atoms with Gasteiger partial charge in [-0.3, -0.25) is 4.79 Å². The number of carbonyl (C=O) groups excluding carboxylic acids is 2. The van der Waals surface area contributed by atoms with Crippen LogP contribution >= 0.6 is 0 Å². The van der Waals surface area contributed by atoms with E-state index in [9.17, 15) is 14.8 Å². The molecule has 6 heteroatoms. The van der Waals surface area contributed by atoms with E-state index in [2.05, 4.69) is 5.32 Å². The number of amides is 3. The van der Waals surface area contributed by atoms with Crippen LogP contribution in [-0.2, 0) is 4.79 Å². The van der Waals surface area contributed by atoms with Crippen LogP contribution in [0, 0.1) is 0 Å². The molecule has 0 radical (unpaired) electrons. The first-order valence-corrected chi connectivity index (χ1v) is 6.83. The Balaban J connectivity index is 2.05.